The number of pyridine rings is 1. The highest BCUT2D eigenvalue weighted by molar-refractivity contribution is 9.08. The molecule has 1 rings (SSSR count). The number of rotatable bonds is 4. The lowest BCUT2D eigenvalue weighted by molar-refractivity contribution is -0.139. The fourth-order valence-electron chi connectivity index (χ4n) is 1.33. The maximum absolute atomic E-state index is 13.0. The Morgan fingerprint density at radius 2 is 2.24 bits per heavy atom. The van der Waals surface area contributed by atoms with E-state index in [1.54, 1.807) is 0 Å². The monoisotopic (exact) mass is 311 g/mol. The Labute approximate surface area is 104 Å². The lowest BCUT2D eigenvalue weighted by atomic mass is 10.1. The van der Waals surface area contributed by atoms with Gasteiger partial charge < -0.3 is 4.74 Å². The molecule has 0 saturated carbocycles. The van der Waals surface area contributed by atoms with E-state index >= 15 is 0 Å². The summed E-state index contributed by atoms with van der Waals surface area (Å²) in [4.78, 5) is 14.2. The van der Waals surface area contributed by atoms with Gasteiger partial charge in [-0.25, -0.2) is 13.8 Å². The van der Waals surface area contributed by atoms with Gasteiger partial charge in [-0.3, -0.25) is 4.79 Å². The van der Waals surface area contributed by atoms with Crippen molar-refractivity contribution < 1.29 is 22.7 Å². The molecule has 0 saturated heterocycles. The maximum Gasteiger partial charge on any atom is 0.309 e. The van der Waals surface area contributed by atoms with E-state index in [0.29, 0.717) is 0 Å². The first-order chi connectivity index (χ1) is 7.99. The minimum Gasteiger partial charge on any atom is -0.469 e. The molecular formula is C10H9BrF3NO2. The Balaban J connectivity index is 3.23. The van der Waals surface area contributed by atoms with Crippen molar-refractivity contribution in [1.29, 1.82) is 0 Å². The van der Waals surface area contributed by atoms with Crippen LogP contribution in [0, 0.1) is 5.95 Å². The van der Waals surface area contributed by atoms with Crippen molar-refractivity contribution in [3.05, 3.63) is 28.8 Å². The molecule has 1 heterocycles. The van der Waals surface area contributed by atoms with E-state index in [1.165, 1.54) is 7.11 Å². The van der Waals surface area contributed by atoms with Crippen LogP contribution in [0.5, 0.6) is 0 Å². The van der Waals surface area contributed by atoms with Crippen LogP contribution in [-0.2, 0) is 21.3 Å². The molecule has 0 unspecified atom stereocenters. The van der Waals surface area contributed by atoms with Gasteiger partial charge in [-0.05, 0) is 17.2 Å². The molecule has 0 aliphatic rings. The number of ether oxygens (including phenoxy) is 1. The highest BCUT2D eigenvalue weighted by Crippen LogP contribution is 2.26. The van der Waals surface area contributed by atoms with Gasteiger partial charge in [0.25, 0.3) is 6.43 Å². The minimum absolute atomic E-state index is 0.0618. The molecule has 0 aliphatic heterocycles. The average molecular weight is 312 g/mol. The zero-order valence-corrected chi connectivity index (χ0v) is 10.4. The number of carbonyl (C=O) groups excluding carboxylic acids is 1. The molecule has 0 radical (unpaired) electrons. The molecule has 17 heavy (non-hydrogen) atoms. The third kappa shape index (κ3) is 3.42. The fraction of sp³-hybridized carbons (Fsp3) is 0.400. The fourth-order valence-corrected chi connectivity index (χ4v) is 1.98. The zero-order chi connectivity index (χ0) is 13.0. The molecular weight excluding hydrogens is 303 g/mol. The van der Waals surface area contributed by atoms with E-state index in [-0.39, 0.29) is 22.9 Å². The molecule has 0 amide bonds. The number of hydrogen-bond donors (Lipinski definition) is 0. The SMILES string of the molecule is COC(=O)Cc1cc(F)nc(C(F)F)c1CBr. The summed E-state index contributed by atoms with van der Waals surface area (Å²) in [5.74, 6) is -1.66. The van der Waals surface area contributed by atoms with Gasteiger partial charge in [0.2, 0.25) is 5.95 Å². The van der Waals surface area contributed by atoms with Gasteiger partial charge >= 0.3 is 5.97 Å². The average Bonchev–Trinajstić information content (AvgIpc) is 2.28. The predicted molar refractivity (Wildman–Crippen MR) is 57.5 cm³/mol. The molecule has 94 valence electrons. The second-order valence-electron chi connectivity index (χ2n) is 3.16. The quantitative estimate of drug-likeness (QED) is 0.487. The number of methoxy groups -OCH3 is 1. The number of esters is 1. The summed E-state index contributed by atoms with van der Waals surface area (Å²) < 4.78 is 42.7. The summed E-state index contributed by atoms with van der Waals surface area (Å²) >= 11 is 3.02. The van der Waals surface area contributed by atoms with Gasteiger partial charge in [0.15, 0.2) is 0 Å². The lowest BCUT2D eigenvalue weighted by Gasteiger charge is -2.11. The molecule has 0 fully saturated rings. The number of alkyl halides is 3. The number of aromatic nitrogens is 1. The summed E-state index contributed by atoms with van der Waals surface area (Å²) in [6.45, 7) is 0. The molecule has 0 bridgehead atoms. The summed E-state index contributed by atoms with van der Waals surface area (Å²) in [6.07, 6.45) is -3.16. The normalized spacial score (nSPS) is 10.7. The van der Waals surface area contributed by atoms with E-state index in [4.69, 9.17) is 0 Å². The van der Waals surface area contributed by atoms with Crippen LogP contribution in [0.15, 0.2) is 6.07 Å². The topological polar surface area (TPSA) is 39.2 Å². The second-order valence-corrected chi connectivity index (χ2v) is 3.72. The van der Waals surface area contributed by atoms with Crippen LogP contribution >= 0.6 is 15.9 Å². The number of halogens is 4. The summed E-state index contributed by atoms with van der Waals surface area (Å²) in [7, 11) is 1.17. The molecule has 0 aliphatic carbocycles. The molecule has 0 aromatic carbocycles. The molecule has 0 atom stereocenters. The molecule has 3 nitrogen and oxygen atoms in total. The number of hydrogen-bond acceptors (Lipinski definition) is 3. The van der Waals surface area contributed by atoms with Gasteiger partial charge in [0.05, 0.1) is 13.5 Å². The third-order valence-corrected chi connectivity index (χ3v) is 2.68. The molecule has 0 spiro atoms. The van der Waals surface area contributed by atoms with E-state index in [1.807, 2.05) is 0 Å². The van der Waals surface area contributed by atoms with Crippen LogP contribution in [0.1, 0.15) is 23.2 Å². The summed E-state index contributed by atoms with van der Waals surface area (Å²) in [5, 5.41) is 0.0618. The Morgan fingerprint density at radius 1 is 1.59 bits per heavy atom. The van der Waals surface area contributed by atoms with Crippen molar-refractivity contribution in [1.82, 2.24) is 4.98 Å². The summed E-state index contributed by atoms with van der Waals surface area (Å²) in [6, 6.07) is 0.958. The molecule has 1 aromatic heterocycles. The van der Waals surface area contributed by atoms with Crippen LogP contribution in [0.25, 0.3) is 0 Å². The van der Waals surface area contributed by atoms with Crippen LogP contribution in [0.4, 0.5) is 13.2 Å². The highest BCUT2D eigenvalue weighted by Gasteiger charge is 2.20. The van der Waals surface area contributed by atoms with Crippen LogP contribution < -0.4 is 0 Å². The van der Waals surface area contributed by atoms with E-state index in [9.17, 15) is 18.0 Å². The van der Waals surface area contributed by atoms with Gasteiger partial charge in [0, 0.05) is 5.33 Å². The van der Waals surface area contributed by atoms with E-state index in [0.717, 1.165) is 6.07 Å². The number of nitrogens with zero attached hydrogens (tertiary/aromatic N) is 1. The molecule has 1 aromatic rings. The van der Waals surface area contributed by atoms with Crippen LogP contribution in [0.3, 0.4) is 0 Å². The van der Waals surface area contributed by atoms with Crippen molar-refractivity contribution in [3.63, 3.8) is 0 Å². The van der Waals surface area contributed by atoms with Gasteiger partial charge in [-0.2, -0.15) is 4.39 Å². The third-order valence-electron chi connectivity index (χ3n) is 2.12. The van der Waals surface area contributed by atoms with Crippen LogP contribution in [0.2, 0.25) is 0 Å². The van der Waals surface area contributed by atoms with Crippen LogP contribution in [-0.4, -0.2) is 18.1 Å². The Kier molecular flexibility index (Phi) is 4.92. The smallest absolute Gasteiger partial charge is 0.309 e. The first-order valence-electron chi connectivity index (χ1n) is 4.58. The second kappa shape index (κ2) is 6.00. The zero-order valence-electron chi connectivity index (χ0n) is 8.84. The Bertz CT molecular complexity index is 426. The summed E-state index contributed by atoms with van der Waals surface area (Å²) in [5.41, 5.74) is -0.385. The molecule has 7 heteroatoms. The number of carbonyl (C=O) groups is 1. The lowest BCUT2D eigenvalue weighted by Crippen LogP contribution is -2.10. The standard InChI is InChI=1S/C10H9BrF3NO2/c1-17-8(16)3-5-2-7(12)15-9(10(13)14)6(5)4-11/h2,10H,3-4H2,1H3. The van der Waals surface area contributed by atoms with Crippen molar-refractivity contribution in [3.8, 4) is 0 Å². The van der Waals surface area contributed by atoms with E-state index in [2.05, 4.69) is 25.7 Å². The molecule has 0 N–H and O–H groups in total. The largest absolute Gasteiger partial charge is 0.469 e. The van der Waals surface area contributed by atoms with Gasteiger partial charge in [-0.1, -0.05) is 15.9 Å². The first-order valence-corrected chi connectivity index (χ1v) is 5.70. The Morgan fingerprint density at radius 3 is 2.71 bits per heavy atom. The Hall–Kier alpha value is -1.11. The van der Waals surface area contributed by atoms with Crippen molar-refractivity contribution >= 4 is 21.9 Å². The minimum atomic E-state index is -2.89. The predicted octanol–water partition coefficient (Wildman–Crippen LogP) is 2.77. The highest BCUT2D eigenvalue weighted by atomic mass is 79.9. The van der Waals surface area contributed by atoms with Crippen molar-refractivity contribution in [2.24, 2.45) is 0 Å². The van der Waals surface area contributed by atoms with Crippen molar-refractivity contribution in [2.45, 2.75) is 18.2 Å². The van der Waals surface area contributed by atoms with E-state index < -0.39 is 24.0 Å². The van der Waals surface area contributed by atoms with Gasteiger partial charge in [0.1, 0.15) is 5.69 Å². The van der Waals surface area contributed by atoms with Crippen molar-refractivity contribution in [2.75, 3.05) is 7.11 Å². The maximum atomic E-state index is 13.0. The first kappa shape index (κ1) is 14.0. The van der Waals surface area contributed by atoms with Gasteiger partial charge in [-0.15, -0.1) is 0 Å².